The van der Waals surface area contributed by atoms with Crippen LogP contribution in [0.1, 0.15) is 45.0 Å². The van der Waals surface area contributed by atoms with E-state index in [2.05, 4.69) is 49.2 Å². The second-order valence-electron chi connectivity index (χ2n) is 8.50. The quantitative estimate of drug-likeness (QED) is 0.447. The van der Waals surface area contributed by atoms with E-state index in [4.69, 9.17) is 4.74 Å². The summed E-state index contributed by atoms with van der Waals surface area (Å²) in [5.74, 6) is 1.54. The van der Waals surface area contributed by atoms with Crippen LogP contribution in [0.2, 0.25) is 0 Å². The monoisotopic (exact) mass is 434 g/mol. The van der Waals surface area contributed by atoms with Crippen LogP contribution in [-0.4, -0.2) is 36.0 Å². The number of amides is 1. The number of hydrogen-bond acceptors (Lipinski definition) is 4. The number of methoxy groups -OCH3 is 1. The van der Waals surface area contributed by atoms with Gasteiger partial charge < -0.3 is 9.64 Å². The molecule has 1 amide bonds. The Balaban J connectivity index is 1.57. The molecule has 0 radical (unpaired) electrons. The average Bonchev–Trinajstić information content (AvgIpc) is 3.51. The molecule has 0 unspecified atom stereocenters. The summed E-state index contributed by atoms with van der Waals surface area (Å²) in [6.45, 7) is 7.72. The number of rotatable bonds is 8. The molecular weight excluding hydrogens is 404 g/mol. The Hall–Kier alpha value is -2.66. The summed E-state index contributed by atoms with van der Waals surface area (Å²) in [6, 6.07) is 14.5. The van der Waals surface area contributed by atoms with Crippen LogP contribution in [0.3, 0.4) is 0 Å². The minimum absolute atomic E-state index is 0.0537. The topological polar surface area (TPSA) is 42.4 Å². The van der Waals surface area contributed by atoms with Gasteiger partial charge in [0.25, 0.3) is 5.91 Å². The van der Waals surface area contributed by atoms with Crippen LogP contribution < -0.4 is 4.74 Å². The lowest BCUT2D eigenvalue weighted by Gasteiger charge is -2.22. The van der Waals surface area contributed by atoms with Gasteiger partial charge in [0.1, 0.15) is 11.4 Å². The molecule has 162 valence electrons. The van der Waals surface area contributed by atoms with E-state index in [1.807, 2.05) is 24.0 Å². The van der Waals surface area contributed by atoms with Crippen molar-refractivity contribution in [3.8, 4) is 16.2 Å². The van der Waals surface area contributed by atoms with Crippen LogP contribution in [0.15, 0.2) is 42.5 Å². The van der Waals surface area contributed by atoms with Gasteiger partial charge in [-0.05, 0) is 80.3 Å². The van der Waals surface area contributed by atoms with Gasteiger partial charge in [0.15, 0.2) is 0 Å². The fourth-order valence-electron chi connectivity index (χ4n) is 3.74. The van der Waals surface area contributed by atoms with Crippen LogP contribution in [0, 0.1) is 26.7 Å². The van der Waals surface area contributed by atoms with Gasteiger partial charge in [0.05, 0.1) is 17.0 Å². The Morgan fingerprint density at radius 3 is 2.48 bits per heavy atom. The summed E-state index contributed by atoms with van der Waals surface area (Å²) in [5.41, 5.74) is 5.38. The number of hydrogen-bond donors (Lipinski definition) is 0. The lowest BCUT2D eigenvalue weighted by atomic mass is 10.0. The molecule has 0 saturated heterocycles. The van der Waals surface area contributed by atoms with Crippen molar-refractivity contribution < 1.29 is 9.53 Å². The van der Waals surface area contributed by atoms with Gasteiger partial charge in [-0.15, -0.1) is 11.3 Å². The van der Waals surface area contributed by atoms with E-state index in [0.717, 1.165) is 34.2 Å². The maximum atomic E-state index is 13.6. The SMILES string of the molecule is COc1ccc(CCN(CC2CC2)C(=O)c2nc(C)sc2-c2ccc(C)c(C)c2)cc1. The molecule has 0 aliphatic heterocycles. The van der Waals surface area contributed by atoms with Crippen molar-refractivity contribution in [3.05, 3.63) is 69.9 Å². The minimum atomic E-state index is 0.0537. The Labute approximate surface area is 188 Å². The lowest BCUT2D eigenvalue weighted by Crippen LogP contribution is -2.35. The fourth-order valence-corrected chi connectivity index (χ4v) is 4.65. The smallest absolute Gasteiger partial charge is 0.274 e. The van der Waals surface area contributed by atoms with Crippen molar-refractivity contribution in [2.24, 2.45) is 5.92 Å². The average molecular weight is 435 g/mol. The second kappa shape index (κ2) is 9.23. The number of thiazole rings is 1. The second-order valence-corrected chi connectivity index (χ2v) is 9.71. The van der Waals surface area contributed by atoms with Gasteiger partial charge in [-0.1, -0.05) is 30.3 Å². The molecule has 1 aromatic heterocycles. The molecule has 5 heteroatoms. The molecule has 31 heavy (non-hydrogen) atoms. The van der Waals surface area contributed by atoms with Gasteiger partial charge in [0, 0.05) is 13.1 Å². The Bertz CT molecular complexity index is 1070. The van der Waals surface area contributed by atoms with E-state index in [0.29, 0.717) is 18.2 Å². The first-order valence-corrected chi connectivity index (χ1v) is 11.7. The van der Waals surface area contributed by atoms with E-state index in [1.54, 1.807) is 18.4 Å². The largest absolute Gasteiger partial charge is 0.497 e. The number of carbonyl (C=O) groups is 1. The summed E-state index contributed by atoms with van der Waals surface area (Å²) in [4.78, 5) is 21.3. The fraction of sp³-hybridized carbons (Fsp3) is 0.385. The molecule has 4 rings (SSSR count). The molecule has 3 aromatic rings. The normalized spacial score (nSPS) is 13.3. The summed E-state index contributed by atoms with van der Waals surface area (Å²) in [5, 5.41) is 0.929. The third kappa shape index (κ3) is 5.16. The van der Waals surface area contributed by atoms with Crippen molar-refractivity contribution in [2.75, 3.05) is 20.2 Å². The highest BCUT2D eigenvalue weighted by Crippen LogP contribution is 2.34. The zero-order valence-corrected chi connectivity index (χ0v) is 19.6. The van der Waals surface area contributed by atoms with E-state index in [1.165, 1.54) is 29.5 Å². The first-order chi connectivity index (χ1) is 14.9. The van der Waals surface area contributed by atoms with E-state index < -0.39 is 0 Å². The standard InChI is InChI=1S/C26H30N2O2S/c1-17-5-10-22(15-18(17)2)25-24(27-19(3)31-25)26(29)28(16-21-6-7-21)14-13-20-8-11-23(30-4)12-9-20/h5,8-12,15,21H,6-7,13-14,16H2,1-4H3. The summed E-state index contributed by atoms with van der Waals surface area (Å²) >= 11 is 1.61. The van der Waals surface area contributed by atoms with Gasteiger partial charge >= 0.3 is 0 Å². The molecule has 1 fully saturated rings. The molecule has 0 atom stereocenters. The van der Waals surface area contributed by atoms with Crippen molar-refractivity contribution in [3.63, 3.8) is 0 Å². The number of benzene rings is 2. The van der Waals surface area contributed by atoms with E-state index >= 15 is 0 Å². The predicted octanol–water partition coefficient (Wildman–Crippen LogP) is 5.84. The van der Waals surface area contributed by atoms with Crippen molar-refractivity contribution in [1.29, 1.82) is 0 Å². The van der Waals surface area contributed by atoms with E-state index in [9.17, 15) is 4.79 Å². The van der Waals surface area contributed by atoms with E-state index in [-0.39, 0.29) is 5.91 Å². The molecule has 0 spiro atoms. The molecule has 1 aliphatic rings. The molecule has 2 aromatic carbocycles. The van der Waals surface area contributed by atoms with Crippen molar-refractivity contribution >= 4 is 17.2 Å². The highest BCUT2D eigenvalue weighted by Gasteiger charge is 2.30. The highest BCUT2D eigenvalue weighted by molar-refractivity contribution is 7.15. The number of aromatic nitrogens is 1. The third-order valence-corrected chi connectivity index (χ3v) is 7.02. The first-order valence-electron chi connectivity index (χ1n) is 10.9. The highest BCUT2D eigenvalue weighted by atomic mass is 32.1. The molecule has 1 heterocycles. The molecule has 1 saturated carbocycles. The van der Waals surface area contributed by atoms with Crippen LogP contribution in [-0.2, 0) is 6.42 Å². The summed E-state index contributed by atoms with van der Waals surface area (Å²) < 4.78 is 5.25. The van der Waals surface area contributed by atoms with Gasteiger partial charge in [0.2, 0.25) is 0 Å². The zero-order valence-electron chi connectivity index (χ0n) is 18.8. The maximum Gasteiger partial charge on any atom is 0.274 e. The Morgan fingerprint density at radius 1 is 1.10 bits per heavy atom. The van der Waals surface area contributed by atoms with Gasteiger partial charge in [-0.2, -0.15) is 0 Å². The number of carbonyl (C=O) groups excluding carboxylic acids is 1. The molecule has 4 nitrogen and oxygen atoms in total. The predicted molar refractivity (Wildman–Crippen MR) is 127 cm³/mol. The lowest BCUT2D eigenvalue weighted by molar-refractivity contribution is 0.0745. The molecular formula is C26H30N2O2S. The van der Waals surface area contributed by atoms with Gasteiger partial charge in [-0.25, -0.2) is 4.98 Å². The first kappa shape index (κ1) is 21.6. The van der Waals surface area contributed by atoms with Crippen LogP contribution in [0.25, 0.3) is 10.4 Å². The molecule has 0 N–H and O–H groups in total. The Kier molecular flexibility index (Phi) is 6.42. The van der Waals surface area contributed by atoms with Crippen molar-refractivity contribution in [2.45, 2.75) is 40.0 Å². The number of aryl methyl sites for hydroxylation is 3. The number of nitrogens with zero attached hydrogens (tertiary/aromatic N) is 2. The van der Waals surface area contributed by atoms with Crippen LogP contribution in [0.5, 0.6) is 5.75 Å². The van der Waals surface area contributed by atoms with Crippen LogP contribution >= 0.6 is 11.3 Å². The maximum absolute atomic E-state index is 13.6. The van der Waals surface area contributed by atoms with Gasteiger partial charge in [-0.3, -0.25) is 4.79 Å². The molecule has 0 bridgehead atoms. The molecule has 1 aliphatic carbocycles. The zero-order chi connectivity index (χ0) is 22.0. The number of ether oxygens (including phenoxy) is 1. The van der Waals surface area contributed by atoms with Crippen LogP contribution in [0.4, 0.5) is 0 Å². The summed E-state index contributed by atoms with van der Waals surface area (Å²) in [6.07, 6.45) is 3.25. The minimum Gasteiger partial charge on any atom is -0.497 e. The third-order valence-electron chi connectivity index (χ3n) is 6.00. The summed E-state index contributed by atoms with van der Waals surface area (Å²) in [7, 11) is 1.67. The van der Waals surface area contributed by atoms with Crippen molar-refractivity contribution in [1.82, 2.24) is 9.88 Å². The Morgan fingerprint density at radius 2 is 1.84 bits per heavy atom.